The van der Waals surface area contributed by atoms with Crippen LogP contribution in [0.4, 0.5) is 0 Å². The van der Waals surface area contributed by atoms with Gasteiger partial charge in [0.2, 0.25) is 19.1 Å². The van der Waals surface area contributed by atoms with E-state index in [1.54, 1.807) is 30.5 Å². The maximum Gasteiger partial charge on any atom is 0.241 e. The molecule has 0 aliphatic carbocycles. The standard InChI is InChI=1S/C11H11ClN2O4S2/c12-19(15,16)8-7-14-20(17,18)11-5-1-4-10-9(11)3-2-6-13-10/h1-6,14H,7-8H2. The molecule has 2 rings (SSSR count). The van der Waals surface area contributed by atoms with Gasteiger partial charge in [-0.25, -0.2) is 21.6 Å². The van der Waals surface area contributed by atoms with Gasteiger partial charge >= 0.3 is 0 Å². The zero-order chi connectivity index (χ0) is 14.8. The van der Waals surface area contributed by atoms with Crippen LogP contribution in [0.25, 0.3) is 10.9 Å². The van der Waals surface area contributed by atoms with Crippen molar-refractivity contribution in [3.05, 3.63) is 36.5 Å². The van der Waals surface area contributed by atoms with Crippen molar-refractivity contribution in [2.75, 3.05) is 12.3 Å². The molecule has 1 heterocycles. The summed E-state index contributed by atoms with van der Waals surface area (Å²) < 4.78 is 48.1. The highest BCUT2D eigenvalue weighted by Crippen LogP contribution is 2.20. The molecule has 0 spiro atoms. The Morgan fingerprint density at radius 3 is 2.55 bits per heavy atom. The van der Waals surface area contributed by atoms with Gasteiger partial charge in [0, 0.05) is 28.8 Å². The molecule has 2 aromatic rings. The summed E-state index contributed by atoms with van der Waals surface area (Å²) in [6.07, 6.45) is 1.56. The Balaban J connectivity index is 2.33. The van der Waals surface area contributed by atoms with Crippen molar-refractivity contribution in [2.45, 2.75) is 4.90 Å². The highest BCUT2D eigenvalue weighted by molar-refractivity contribution is 8.13. The second kappa shape index (κ2) is 5.65. The van der Waals surface area contributed by atoms with Crippen LogP contribution >= 0.6 is 10.7 Å². The Bertz CT molecular complexity index is 829. The highest BCUT2D eigenvalue weighted by Gasteiger charge is 2.18. The summed E-state index contributed by atoms with van der Waals surface area (Å²) in [5.41, 5.74) is 0.542. The number of rotatable bonds is 5. The lowest BCUT2D eigenvalue weighted by atomic mass is 10.2. The summed E-state index contributed by atoms with van der Waals surface area (Å²) in [5, 5.41) is 0.469. The van der Waals surface area contributed by atoms with Crippen molar-refractivity contribution in [3.8, 4) is 0 Å². The normalized spacial score (nSPS) is 12.7. The fourth-order valence-electron chi connectivity index (χ4n) is 1.69. The van der Waals surface area contributed by atoms with Gasteiger partial charge in [0.05, 0.1) is 16.2 Å². The maximum absolute atomic E-state index is 12.2. The molecular weight excluding hydrogens is 324 g/mol. The number of fused-ring (bicyclic) bond motifs is 1. The fraction of sp³-hybridized carbons (Fsp3) is 0.182. The molecule has 0 amide bonds. The molecule has 20 heavy (non-hydrogen) atoms. The van der Waals surface area contributed by atoms with E-state index in [0.717, 1.165) is 0 Å². The molecule has 9 heteroatoms. The summed E-state index contributed by atoms with van der Waals surface area (Å²) in [6.45, 7) is -0.287. The summed E-state index contributed by atoms with van der Waals surface area (Å²) >= 11 is 0. The third-order valence-corrected chi connectivity index (χ3v) is 5.21. The van der Waals surface area contributed by atoms with Gasteiger partial charge in [-0.3, -0.25) is 4.98 Å². The van der Waals surface area contributed by atoms with Crippen LogP contribution in [0, 0.1) is 0 Å². The molecule has 0 bridgehead atoms. The Morgan fingerprint density at radius 2 is 1.85 bits per heavy atom. The van der Waals surface area contributed by atoms with Crippen molar-refractivity contribution in [3.63, 3.8) is 0 Å². The summed E-state index contributed by atoms with van der Waals surface area (Å²) in [7, 11) is -2.53. The van der Waals surface area contributed by atoms with Gasteiger partial charge < -0.3 is 0 Å². The Morgan fingerprint density at radius 1 is 1.10 bits per heavy atom. The van der Waals surface area contributed by atoms with Crippen molar-refractivity contribution in [2.24, 2.45) is 0 Å². The van der Waals surface area contributed by atoms with Gasteiger partial charge in [-0.1, -0.05) is 6.07 Å². The third kappa shape index (κ3) is 3.66. The summed E-state index contributed by atoms with van der Waals surface area (Å²) in [5.74, 6) is -0.475. The summed E-state index contributed by atoms with van der Waals surface area (Å²) in [6, 6.07) is 7.96. The highest BCUT2D eigenvalue weighted by atomic mass is 35.7. The lowest BCUT2D eigenvalue weighted by molar-refractivity contribution is 0.583. The maximum atomic E-state index is 12.2. The number of nitrogens with zero attached hydrogens (tertiary/aromatic N) is 1. The average Bonchev–Trinajstić information content (AvgIpc) is 2.36. The second-order valence-corrected chi connectivity index (χ2v) is 8.60. The van der Waals surface area contributed by atoms with E-state index in [4.69, 9.17) is 10.7 Å². The van der Waals surface area contributed by atoms with E-state index in [1.807, 2.05) is 0 Å². The first-order chi connectivity index (χ1) is 9.30. The first-order valence-corrected chi connectivity index (χ1v) is 9.51. The molecule has 0 aliphatic rings. The topological polar surface area (TPSA) is 93.2 Å². The SMILES string of the molecule is O=S(=O)(Cl)CCNS(=O)(=O)c1cccc2ncccc12. The van der Waals surface area contributed by atoms with E-state index in [9.17, 15) is 16.8 Å². The smallest absolute Gasteiger partial charge is 0.241 e. The minimum atomic E-state index is -3.82. The second-order valence-electron chi connectivity index (χ2n) is 3.97. The largest absolute Gasteiger partial charge is 0.256 e. The fourth-order valence-corrected chi connectivity index (χ4v) is 3.64. The van der Waals surface area contributed by atoms with Gasteiger partial charge in [-0.15, -0.1) is 0 Å². The Kier molecular flexibility index (Phi) is 4.28. The summed E-state index contributed by atoms with van der Waals surface area (Å²) in [4.78, 5) is 4.12. The van der Waals surface area contributed by atoms with Crippen LogP contribution in [0.3, 0.4) is 0 Å². The molecule has 1 aromatic heterocycles. The first kappa shape index (κ1) is 15.2. The molecule has 0 unspecified atom stereocenters. The first-order valence-electron chi connectivity index (χ1n) is 5.55. The van der Waals surface area contributed by atoms with Crippen LogP contribution in [-0.4, -0.2) is 34.1 Å². The minimum absolute atomic E-state index is 0.0510. The van der Waals surface area contributed by atoms with Crippen molar-refractivity contribution in [1.82, 2.24) is 9.71 Å². The number of hydrogen-bond donors (Lipinski definition) is 1. The van der Waals surface area contributed by atoms with Gasteiger partial charge in [0.15, 0.2) is 0 Å². The molecule has 1 aromatic carbocycles. The molecule has 0 saturated carbocycles. The van der Waals surface area contributed by atoms with Crippen LogP contribution in [0.1, 0.15) is 0 Å². The minimum Gasteiger partial charge on any atom is -0.256 e. The zero-order valence-corrected chi connectivity index (χ0v) is 12.5. The number of halogens is 1. The van der Waals surface area contributed by atoms with Gasteiger partial charge in [-0.2, -0.15) is 0 Å². The molecule has 0 radical (unpaired) electrons. The molecule has 0 atom stereocenters. The molecule has 1 N–H and O–H groups in total. The molecule has 6 nitrogen and oxygen atoms in total. The van der Waals surface area contributed by atoms with Gasteiger partial charge in [0.25, 0.3) is 0 Å². The molecule has 0 saturated heterocycles. The van der Waals surface area contributed by atoms with E-state index in [-0.39, 0.29) is 11.4 Å². The van der Waals surface area contributed by atoms with Crippen molar-refractivity contribution >= 4 is 40.7 Å². The average molecular weight is 335 g/mol. The lowest BCUT2D eigenvalue weighted by Crippen LogP contribution is -2.28. The number of pyridine rings is 1. The van der Waals surface area contributed by atoms with Crippen LogP contribution in [0.5, 0.6) is 0 Å². The van der Waals surface area contributed by atoms with E-state index in [2.05, 4.69) is 9.71 Å². The predicted molar refractivity (Wildman–Crippen MR) is 76.6 cm³/mol. The third-order valence-electron chi connectivity index (χ3n) is 2.53. The van der Waals surface area contributed by atoms with Crippen LogP contribution in [-0.2, 0) is 19.1 Å². The quantitative estimate of drug-likeness (QED) is 0.826. The molecular formula is C11H11ClN2O4S2. The van der Waals surface area contributed by atoms with E-state index in [0.29, 0.717) is 10.9 Å². The van der Waals surface area contributed by atoms with Crippen molar-refractivity contribution in [1.29, 1.82) is 0 Å². The zero-order valence-electron chi connectivity index (χ0n) is 10.2. The lowest BCUT2D eigenvalue weighted by Gasteiger charge is -2.08. The van der Waals surface area contributed by atoms with Gasteiger partial charge in [0.1, 0.15) is 0 Å². The van der Waals surface area contributed by atoms with Crippen LogP contribution in [0.15, 0.2) is 41.4 Å². The number of benzene rings is 1. The van der Waals surface area contributed by atoms with Crippen LogP contribution < -0.4 is 4.72 Å². The Labute approximate surface area is 121 Å². The van der Waals surface area contributed by atoms with E-state index in [1.165, 1.54) is 6.07 Å². The van der Waals surface area contributed by atoms with Gasteiger partial charge in [-0.05, 0) is 24.3 Å². The molecule has 0 aliphatic heterocycles. The molecule has 108 valence electrons. The number of sulfonamides is 1. The van der Waals surface area contributed by atoms with Crippen molar-refractivity contribution < 1.29 is 16.8 Å². The van der Waals surface area contributed by atoms with Crippen LogP contribution in [0.2, 0.25) is 0 Å². The predicted octanol–water partition coefficient (Wildman–Crippen LogP) is 1.08. The monoisotopic (exact) mass is 334 g/mol. The number of nitrogens with one attached hydrogen (secondary N) is 1. The van der Waals surface area contributed by atoms with E-state index < -0.39 is 24.8 Å². The number of hydrogen-bond acceptors (Lipinski definition) is 5. The Hall–Kier alpha value is -1.22. The van der Waals surface area contributed by atoms with E-state index >= 15 is 0 Å². The number of aromatic nitrogens is 1. The molecule has 0 fully saturated rings.